The zero-order valence-corrected chi connectivity index (χ0v) is 10.5. The number of benzene rings is 1. The lowest BCUT2D eigenvalue weighted by Crippen LogP contribution is -2.14. The number of halogens is 1. The zero-order chi connectivity index (χ0) is 11.4. The molecule has 0 saturated heterocycles. The van der Waals surface area contributed by atoms with Crippen molar-refractivity contribution in [3.8, 4) is 5.75 Å². The second-order valence-electron chi connectivity index (χ2n) is 4.61. The molecule has 0 spiro atoms. The molecule has 0 amide bonds. The molecule has 0 aromatic heterocycles. The molecule has 0 heterocycles. The lowest BCUT2D eigenvalue weighted by atomic mass is 9.97. The van der Waals surface area contributed by atoms with E-state index in [0.29, 0.717) is 5.38 Å². The Kier molecular flexibility index (Phi) is 4.11. The van der Waals surface area contributed by atoms with Gasteiger partial charge >= 0.3 is 0 Å². The highest BCUT2D eigenvalue weighted by atomic mass is 35.5. The van der Waals surface area contributed by atoms with Crippen LogP contribution in [0.25, 0.3) is 0 Å². The molecule has 1 fully saturated rings. The summed E-state index contributed by atoms with van der Waals surface area (Å²) in [6.45, 7) is 0. The second-order valence-corrected chi connectivity index (χ2v) is 5.17. The molecular formula is C14H19ClO. The summed E-state index contributed by atoms with van der Waals surface area (Å²) in [5.74, 6) is 1.64. The van der Waals surface area contributed by atoms with Crippen molar-refractivity contribution in [1.82, 2.24) is 0 Å². The molecule has 1 nitrogen and oxygen atoms in total. The summed E-state index contributed by atoms with van der Waals surface area (Å²) in [5.41, 5.74) is 1.31. The van der Waals surface area contributed by atoms with Gasteiger partial charge in [0.05, 0.1) is 7.11 Å². The van der Waals surface area contributed by atoms with E-state index in [2.05, 4.69) is 12.1 Å². The monoisotopic (exact) mass is 238 g/mol. The highest BCUT2D eigenvalue weighted by Crippen LogP contribution is 2.32. The number of methoxy groups -OCH3 is 1. The van der Waals surface area contributed by atoms with Gasteiger partial charge < -0.3 is 4.74 Å². The van der Waals surface area contributed by atoms with E-state index >= 15 is 0 Å². The Morgan fingerprint density at radius 1 is 1.25 bits per heavy atom. The van der Waals surface area contributed by atoms with Crippen LogP contribution in [0.5, 0.6) is 5.75 Å². The van der Waals surface area contributed by atoms with Crippen molar-refractivity contribution in [2.45, 2.75) is 37.5 Å². The molecule has 1 aliphatic rings. The van der Waals surface area contributed by atoms with Crippen LogP contribution in [0.2, 0.25) is 0 Å². The molecule has 0 radical (unpaired) electrons. The lowest BCUT2D eigenvalue weighted by Gasteiger charge is -2.16. The molecule has 1 unspecified atom stereocenters. The molecule has 0 aliphatic heterocycles. The Balaban J connectivity index is 1.92. The van der Waals surface area contributed by atoms with Gasteiger partial charge in [0.25, 0.3) is 0 Å². The first-order valence-electron chi connectivity index (χ1n) is 6.06. The average Bonchev–Trinajstić information content (AvgIpc) is 2.83. The van der Waals surface area contributed by atoms with Crippen LogP contribution in [-0.4, -0.2) is 12.5 Å². The fraction of sp³-hybridized carbons (Fsp3) is 0.571. The van der Waals surface area contributed by atoms with Gasteiger partial charge in [0.15, 0.2) is 0 Å². The topological polar surface area (TPSA) is 9.23 Å². The maximum absolute atomic E-state index is 6.46. The first kappa shape index (κ1) is 11.8. The fourth-order valence-electron chi connectivity index (χ4n) is 2.47. The van der Waals surface area contributed by atoms with Crippen LogP contribution in [-0.2, 0) is 6.42 Å². The molecule has 1 atom stereocenters. The Morgan fingerprint density at radius 3 is 2.44 bits per heavy atom. The molecule has 1 aromatic rings. The summed E-state index contributed by atoms with van der Waals surface area (Å²) >= 11 is 6.46. The maximum Gasteiger partial charge on any atom is 0.118 e. The van der Waals surface area contributed by atoms with Crippen molar-refractivity contribution in [1.29, 1.82) is 0 Å². The Labute approximate surface area is 103 Å². The van der Waals surface area contributed by atoms with E-state index in [9.17, 15) is 0 Å². The molecule has 2 rings (SSSR count). The normalized spacial score (nSPS) is 18.6. The largest absolute Gasteiger partial charge is 0.497 e. The quantitative estimate of drug-likeness (QED) is 0.720. The van der Waals surface area contributed by atoms with Gasteiger partial charge in [0.2, 0.25) is 0 Å². The molecule has 2 heteroatoms. The highest BCUT2D eigenvalue weighted by molar-refractivity contribution is 6.20. The van der Waals surface area contributed by atoms with E-state index in [0.717, 1.165) is 18.1 Å². The van der Waals surface area contributed by atoms with Crippen molar-refractivity contribution in [2.75, 3.05) is 7.11 Å². The van der Waals surface area contributed by atoms with Gasteiger partial charge in [-0.2, -0.15) is 0 Å². The van der Waals surface area contributed by atoms with Crippen molar-refractivity contribution >= 4 is 11.6 Å². The van der Waals surface area contributed by atoms with Crippen LogP contribution in [0, 0.1) is 5.92 Å². The lowest BCUT2D eigenvalue weighted by molar-refractivity contribution is 0.414. The van der Waals surface area contributed by atoms with Gasteiger partial charge in [-0.25, -0.2) is 0 Å². The third-order valence-corrected chi connectivity index (χ3v) is 4.01. The minimum Gasteiger partial charge on any atom is -0.497 e. The molecule has 0 bridgehead atoms. The Hall–Kier alpha value is -0.690. The predicted molar refractivity (Wildman–Crippen MR) is 68.3 cm³/mol. The third-order valence-electron chi connectivity index (χ3n) is 3.50. The number of rotatable bonds is 4. The molecule has 1 aromatic carbocycles. The van der Waals surface area contributed by atoms with E-state index in [1.165, 1.54) is 31.2 Å². The first-order chi connectivity index (χ1) is 7.79. The van der Waals surface area contributed by atoms with E-state index in [1.807, 2.05) is 12.1 Å². The molecule has 1 saturated carbocycles. The van der Waals surface area contributed by atoms with Gasteiger partial charge in [0.1, 0.15) is 5.75 Å². The minimum atomic E-state index is 0.302. The summed E-state index contributed by atoms with van der Waals surface area (Å²) in [7, 11) is 1.69. The van der Waals surface area contributed by atoms with E-state index in [1.54, 1.807) is 7.11 Å². The van der Waals surface area contributed by atoms with Crippen LogP contribution < -0.4 is 4.74 Å². The summed E-state index contributed by atoms with van der Waals surface area (Å²) in [4.78, 5) is 0. The SMILES string of the molecule is COc1ccc(CC(Cl)C2CCCC2)cc1. The maximum atomic E-state index is 6.46. The predicted octanol–water partition coefficient (Wildman–Crippen LogP) is 4.04. The van der Waals surface area contributed by atoms with Gasteiger partial charge in [-0.15, -0.1) is 11.6 Å². The third kappa shape index (κ3) is 2.91. The summed E-state index contributed by atoms with van der Waals surface area (Å²) < 4.78 is 5.14. The van der Waals surface area contributed by atoms with Crippen molar-refractivity contribution in [3.05, 3.63) is 29.8 Å². The van der Waals surface area contributed by atoms with Gasteiger partial charge in [-0.1, -0.05) is 25.0 Å². The Morgan fingerprint density at radius 2 is 1.88 bits per heavy atom. The van der Waals surface area contributed by atoms with Crippen LogP contribution in [0.4, 0.5) is 0 Å². The van der Waals surface area contributed by atoms with Crippen LogP contribution in [0.3, 0.4) is 0 Å². The first-order valence-corrected chi connectivity index (χ1v) is 6.50. The van der Waals surface area contributed by atoms with Crippen molar-refractivity contribution in [2.24, 2.45) is 5.92 Å². The minimum absolute atomic E-state index is 0.302. The van der Waals surface area contributed by atoms with Crippen LogP contribution in [0.15, 0.2) is 24.3 Å². The molecule has 88 valence electrons. The van der Waals surface area contributed by atoms with E-state index in [-0.39, 0.29) is 0 Å². The number of hydrogen-bond donors (Lipinski definition) is 0. The summed E-state index contributed by atoms with van der Waals surface area (Å²) in [5, 5.41) is 0.302. The second kappa shape index (κ2) is 5.58. The van der Waals surface area contributed by atoms with E-state index < -0.39 is 0 Å². The summed E-state index contributed by atoms with van der Waals surface area (Å²) in [6.07, 6.45) is 6.32. The van der Waals surface area contributed by atoms with Crippen molar-refractivity contribution in [3.63, 3.8) is 0 Å². The van der Waals surface area contributed by atoms with Crippen LogP contribution >= 0.6 is 11.6 Å². The summed E-state index contributed by atoms with van der Waals surface area (Å²) in [6, 6.07) is 8.24. The standard InChI is InChI=1S/C14H19ClO/c1-16-13-8-6-11(7-9-13)10-14(15)12-4-2-3-5-12/h6-9,12,14H,2-5,10H2,1H3. The Bertz CT molecular complexity index is 314. The molecular weight excluding hydrogens is 220 g/mol. The molecule has 16 heavy (non-hydrogen) atoms. The number of hydrogen-bond acceptors (Lipinski definition) is 1. The molecule has 1 aliphatic carbocycles. The molecule has 0 N–H and O–H groups in total. The number of alkyl halides is 1. The van der Waals surface area contributed by atoms with Gasteiger partial charge in [-0.3, -0.25) is 0 Å². The zero-order valence-electron chi connectivity index (χ0n) is 9.79. The number of ether oxygens (including phenoxy) is 1. The average molecular weight is 239 g/mol. The van der Waals surface area contributed by atoms with Crippen molar-refractivity contribution < 1.29 is 4.74 Å². The van der Waals surface area contributed by atoms with Gasteiger partial charge in [0, 0.05) is 5.38 Å². The van der Waals surface area contributed by atoms with Gasteiger partial charge in [-0.05, 0) is 42.9 Å². The van der Waals surface area contributed by atoms with E-state index in [4.69, 9.17) is 16.3 Å². The fourth-order valence-corrected chi connectivity index (χ4v) is 2.90. The van der Waals surface area contributed by atoms with Crippen LogP contribution in [0.1, 0.15) is 31.2 Å². The smallest absolute Gasteiger partial charge is 0.118 e. The highest BCUT2D eigenvalue weighted by Gasteiger charge is 2.23.